The van der Waals surface area contributed by atoms with Crippen LogP contribution in [-0.2, 0) is 14.8 Å². The summed E-state index contributed by atoms with van der Waals surface area (Å²) >= 11 is 0. The molecule has 0 aromatic rings. The highest BCUT2D eigenvalue weighted by Crippen LogP contribution is 2.28. The molecule has 0 bridgehead atoms. The smallest absolute Gasteiger partial charge is 0.223 e. The monoisotopic (exact) mass is 288 g/mol. The maximum absolute atomic E-state index is 11.9. The molecule has 0 radical (unpaired) electrons. The predicted molar refractivity (Wildman–Crippen MR) is 74.1 cm³/mol. The van der Waals surface area contributed by atoms with Gasteiger partial charge in [-0.15, -0.1) is 0 Å². The summed E-state index contributed by atoms with van der Waals surface area (Å²) in [4.78, 5) is 11.4. The number of sulfonamides is 1. The molecule has 2 aliphatic rings. The fraction of sp³-hybridized carbons (Fsp3) is 0.923. The van der Waals surface area contributed by atoms with Crippen molar-refractivity contribution in [2.75, 3.05) is 18.8 Å². The quantitative estimate of drug-likeness (QED) is 0.687. The molecule has 0 spiro atoms. The Morgan fingerprint density at radius 1 is 1.00 bits per heavy atom. The number of amides is 1. The first kappa shape index (κ1) is 14.8. The molecule has 0 unspecified atom stereocenters. The second kappa shape index (κ2) is 6.70. The Morgan fingerprint density at radius 3 is 2.32 bits per heavy atom. The Morgan fingerprint density at radius 2 is 1.68 bits per heavy atom. The standard InChI is InChI=1S/C13H24N2O3S/c16-13(12-6-7-12)14-8-9-15-19(17,18)10-11-4-2-1-3-5-11/h11-12,15H,1-10H2,(H,14,16). The maximum atomic E-state index is 11.9. The van der Waals surface area contributed by atoms with E-state index in [1.54, 1.807) is 0 Å². The van der Waals surface area contributed by atoms with E-state index in [1.165, 1.54) is 6.42 Å². The van der Waals surface area contributed by atoms with Gasteiger partial charge < -0.3 is 5.32 Å². The summed E-state index contributed by atoms with van der Waals surface area (Å²) < 4.78 is 26.3. The lowest BCUT2D eigenvalue weighted by atomic mass is 9.91. The lowest BCUT2D eigenvalue weighted by Gasteiger charge is -2.21. The Balaban J connectivity index is 1.61. The zero-order valence-electron chi connectivity index (χ0n) is 11.4. The number of hydrogen-bond donors (Lipinski definition) is 2. The van der Waals surface area contributed by atoms with Gasteiger partial charge in [0.2, 0.25) is 15.9 Å². The Kier molecular flexibility index (Phi) is 5.21. The van der Waals surface area contributed by atoms with Crippen molar-refractivity contribution in [1.29, 1.82) is 0 Å². The van der Waals surface area contributed by atoms with Crippen LogP contribution in [0.2, 0.25) is 0 Å². The van der Waals surface area contributed by atoms with E-state index in [2.05, 4.69) is 10.0 Å². The van der Waals surface area contributed by atoms with Gasteiger partial charge in [0.25, 0.3) is 0 Å². The molecular formula is C13H24N2O3S. The van der Waals surface area contributed by atoms with Gasteiger partial charge in [0.15, 0.2) is 0 Å². The minimum atomic E-state index is -3.19. The second-order valence-corrected chi connectivity index (χ2v) is 7.60. The highest BCUT2D eigenvalue weighted by atomic mass is 32.2. The van der Waals surface area contributed by atoms with Crippen molar-refractivity contribution in [2.45, 2.75) is 44.9 Å². The fourth-order valence-electron chi connectivity index (χ4n) is 2.61. The van der Waals surface area contributed by atoms with Crippen LogP contribution in [0.4, 0.5) is 0 Å². The van der Waals surface area contributed by atoms with Crippen molar-refractivity contribution in [2.24, 2.45) is 11.8 Å². The van der Waals surface area contributed by atoms with Crippen LogP contribution in [0.5, 0.6) is 0 Å². The summed E-state index contributed by atoms with van der Waals surface area (Å²) in [6, 6.07) is 0. The fourth-order valence-corrected chi connectivity index (χ4v) is 4.09. The lowest BCUT2D eigenvalue weighted by Crippen LogP contribution is -2.37. The number of nitrogens with one attached hydrogen (secondary N) is 2. The molecule has 2 N–H and O–H groups in total. The predicted octanol–water partition coefficient (Wildman–Crippen LogP) is 1.01. The second-order valence-electron chi connectivity index (χ2n) is 5.75. The highest BCUT2D eigenvalue weighted by molar-refractivity contribution is 7.89. The third-order valence-electron chi connectivity index (χ3n) is 3.87. The molecule has 6 heteroatoms. The molecule has 0 saturated heterocycles. The molecular weight excluding hydrogens is 264 g/mol. The summed E-state index contributed by atoms with van der Waals surface area (Å²) in [5.41, 5.74) is 0. The van der Waals surface area contributed by atoms with Gasteiger partial charge in [-0.05, 0) is 31.6 Å². The first-order valence-corrected chi connectivity index (χ1v) is 8.97. The van der Waals surface area contributed by atoms with Gasteiger partial charge in [-0.3, -0.25) is 4.79 Å². The molecule has 110 valence electrons. The molecule has 0 atom stereocenters. The Labute approximate surface area is 115 Å². The van der Waals surface area contributed by atoms with Crippen LogP contribution in [0.1, 0.15) is 44.9 Å². The van der Waals surface area contributed by atoms with Crippen LogP contribution >= 0.6 is 0 Å². The highest BCUT2D eigenvalue weighted by Gasteiger charge is 2.29. The summed E-state index contributed by atoms with van der Waals surface area (Å²) in [7, 11) is -3.19. The van der Waals surface area contributed by atoms with E-state index in [0.29, 0.717) is 19.0 Å². The van der Waals surface area contributed by atoms with Crippen molar-refractivity contribution in [3.8, 4) is 0 Å². The van der Waals surface area contributed by atoms with Crippen LogP contribution in [0, 0.1) is 11.8 Å². The molecule has 2 fully saturated rings. The van der Waals surface area contributed by atoms with Gasteiger partial charge in [-0.2, -0.15) is 0 Å². The number of rotatable bonds is 7. The van der Waals surface area contributed by atoms with Crippen molar-refractivity contribution >= 4 is 15.9 Å². The molecule has 0 aliphatic heterocycles. The molecule has 19 heavy (non-hydrogen) atoms. The number of hydrogen-bond acceptors (Lipinski definition) is 3. The Hall–Kier alpha value is -0.620. The molecule has 2 rings (SSSR count). The van der Waals surface area contributed by atoms with Crippen LogP contribution in [0.15, 0.2) is 0 Å². The van der Waals surface area contributed by atoms with E-state index in [4.69, 9.17) is 0 Å². The summed E-state index contributed by atoms with van der Waals surface area (Å²) in [5.74, 6) is 0.793. The first-order valence-electron chi connectivity index (χ1n) is 7.32. The van der Waals surface area contributed by atoms with E-state index in [9.17, 15) is 13.2 Å². The van der Waals surface area contributed by atoms with Crippen molar-refractivity contribution in [3.63, 3.8) is 0 Å². The van der Waals surface area contributed by atoms with Crippen molar-refractivity contribution in [1.82, 2.24) is 10.0 Å². The summed E-state index contributed by atoms with van der Waals surface area (Å²) in [5, 5.41) is 2.75. The van der Waals surface area contributed by atoms with E-state index in [-0.39, 0.29) is 17.6 Å². The molecule has 5 nitrogen and oxygen atoms in total. The zero-order valence-corrected chi connectivity index (χ0v) is 12.2. The summed E-state index contributed by atoms with van der Waals surface area (Å²) in [6.07, 6.45) is 7.53. The number of carbonyl (C=O) groups excluding carboxylic acids is 1. The van der Waals surface area contributed by atoms with Crippen molar-refractivity contribution in [3.05, 3.63) is 0 Å². The van der Waals surface area contributed by atoms with E-state index < -0.39 is 10.0 Å². The van der Waals surface area contributed by atoms with E-state index in [0.717, 1.165) is 38.5 Å². The van der Waals surface area contributed by atoms with E-state index >= 15 is 0 Å². The molecule has 0 aromatic carbocycles. The van der Waals surface area contributed by atoms with Gasteiger partial charge in [0.05, 0.1) is 5.75 Å². The molecule has 0 heterocycles. The topological polar surface area (TPSA) is 75.3 Å². The van der Waals surface area contributed by atoms with Gasteiger partial charge in [0, 0.05) is 19.0 Å². The third kappa shape index (κ3) is 5.48. The molecule has 1 amide bonds. The van der Waals surface area contributed by atoms with Crippen LogP contribution in [0.3, 0.4) is 0 Å². The van der Waals surface area contributed by atoms with Crippen molar-refractivity contribution < 1.29 is 13.2 Å². The van der Waals surface area contributed by atoms with Crippen LogP contribution < -0.4 is 10.0 Å². The molecule has 2 saturated carbocycles. The van der Waals surface area contributed by atoms with Crippen LogP contribution in [0.25, 0.3) is 0 Å². The average molecular weight is 288 g/mol. The average Bonchev–Trinajstić information content (AvgIpc) is 3.19. The molecule has 2 aliphatic carbocycles. The SMILES string of the molecule is O=C(NCCNS(=O)(=O)CC1CCCCC1)C1CC1. The van der Waals surface area contributed by atoms with Gasteiger partial charge in [0.1, 0.15) is 0 Å². The van der Waals surface area contributed by atoms with Gasteiger partial charge in [-0.1, -0.05) is 19.3 Å². The Bertz CT molecular complexity index is 398. The minimum Gasteiger partial charge on any atom is -0.355 e. The number of carbonyl (C=O) groups is 1. The third-order valence-corrected chi connectivity index (χ3v) is 5.43. The first-order chi connectivity index (χ1) is 9.07. The van der Waals surface area contributed by atoms with E-state index in [1.807, 2.05) is 0 Å². The van der Waals surface area contributed by atoms with Gasteiger partial charge >= 0.3 is 0 Å². The van der Waals surface area contributed by atoms with Gasteiger partial charge in [-0.25, -0.2) is 13.1 Å². The minimum absolute atomic E-state index is 0.0616. The summed E-state index contributed by atoms with van der Waals surface area (Å²) in [6.45, 7) is 0.687. The van der Waals surface area contributed by atoms with Crippen LogP contribution in [-0.4, -0.2) is 33.2 Å². The largest absolute Gasteiger partial charge is 0.355 e. The maximum Gasteiger partial charge on any atom is 0.223 e. The molecule has 0 aromatic heterocycles. The zero-order chi connectivity index (χ0) is 13.7. The normalized spacial score (nSPS) is 21.3. The lowest BCUT2D eigenvalue weighted by molar-refractivity contribution is -0.122.